The first-order valence-corrected chi connectivity index (χ1v) is 9.53. The minimum atomic E-state index is -0.0511. The summed E-state index contributed by atoms with van der Waals surface area (Å²) < 4.78 is 0. The summed E-state index contributed by atoms with van der Waals surface area (Å²) in [7, 11) is -0.0511. The van der Waals surface area contributed by atoms with Crippen molar-refractivity contribution in [1.82, 2.24) is 0 Å². The van der Waals surface area contributed by atoms with Gasteiger partial charge in [0.05, 0.1) is 0 Å². The molecule has 0 aromatic heterocycles. The van der Waals surface area contributed by atoms with Crippen LogP contribution in [-0.2, 0) is 4.79 Å². The predicted octanol–water partition coefficient (Wildman–Crippen LogP) is 4.82. The van der Waals surface area contributed by atoms with E-state index in [-0.39, 0.29) is 7.92 Å². The average molecular weight is 268 g/mol. The topological polar surface area (TPSA) is 17.1 Å². The molecule has 4 atom stereocenters. The van der Waals surface area contributed by atoms with E-state index in [1.807, 2.05) is 0 Å². The molecule has 0 N–H and O–H groups in total. The maximum Gasteiger partial charge on any atom is 0.140 e. The first-order valence-electron chi connectivity index (χ1n) is 7.74. The molecule has 0 amide bonds. The highest BCUT2D eigenvalue weighted by molar-refractivity contribution is 7.60. The molecule has 18 heavy (non-hydrogen) atoms. The van der Waals surface area contributed by atoms with Crippen molar-refractivity contribution < 1.29 is 4.79 Å². The van der Waals surface area contributed by atoms with E-state index in [1.54, 1.807) is 0 Å². The molecule has 2 heterocycles. The minimum absolute atomic E-state index is 0.0511. The zero-order valence-corrected chi connectivity index (χ0v) is 13.6. The predicted molar refractivity (Wildman–Crippen MR) is 80.7 cm³/mol. The molecule has 0 saturated carbocycles. The number of carbonyl (C=O) groups excluding carboxylic acids is 1. The first-order chi connectivity index (χ1) is 8.46. The molecule has 2 aliphatic heterocycles. The SMILES string of the molecule is CCC12CCCCC(CC)(C(C)C(=O)C1C)P2C. The second kappa shape index (κ2) is 4.89. The van der Waals surface area contributed by atoms with Crippen LogP contribution in [0.1, 0.15) is 66.2 Å². The van der Waals surface area contributed by atoms with Gasteiger partial charge in [0.25, 0.3) is 0 Å². The molecular weight excluding hydrogens is 239 g/mol. The van der Waals surface area contributed by atoms with E-state index in [1.165, 1.54) is 38.5 Å². The van der Waals surface area contributed by atoms with Crippen LogP contribution in [0.4, 0.5) is 0 Å². The van der Waals surface area contributed by atoms with Gasteiger partial charge < -0.3 is 0 Å². The van der Waals surface area contributed by atoms with Gasteiger partial charge in [0.1, 0.15) is 5.78 Å². The summed E-state index contributed by atoms with van der Waals surface area (Å²) >= 11 is 0. The van der Waals surface area contributed by atoms with Gasteiger partial charge in [0.2, 0.25) is 0 Å². The quantitative estimate of drug-likeness (QED) is 0.656. The van der Waals surface area contributed by atoms with Crippen molar-refractivity contribution in [1.29, 1.82) is 0 Å². The molecule has 104 valence electrons. The van der Waals surface area contributed by atoms with Gasteiger partial charge in [-0.05, 0) is 32.3 Å². The van der Waals surface area contributed by atoms with Gasteiger partial charge in [0.15, 0.2) is 0 Å². The summed E-state index contributed by atoms with van der Waals surface area (Å²) in [4.78, 5) is 12.8. The number of carbonyl (C=O) groups is 1. The van der Waals surface area contributed by atoms with Gasteiger partial charge in [-0.1, -0.05) is 48.5 Å². The van der Waals surface area contributed by atoms with Crippen molar-refractivity contribution in [2.24, 2.45) is 11.8 Å². The standard InChI is InChI=1S/C16H29OP/c1-6-15-10-8-9-11-16(7-2,18(15)5)13(4)14(17)12(15)3/h12-13H,6-11H2,1-5H3. The maximum absolute atomic E-state index is 12.8. The second-order valence-corrected chi connectivity index (χ2v) is 9.43. The Morgan fingerprint density at radius 3 is 1.78 bits per heavy atom. The molecular formula is C16H29OP. The second-order valence-electron chi connectivity index (χ2n) is 6.53. The van der Waals surface area contributed by atoms with E-state index in [4.69, 9.17) is 0 Å². The summed E-state index contributed by atoms with van der Waals surface area (Å²) in [5.41, 5.74) is 0. The molecule has 2 heteroatoms. The van der Waals surface area contributed by atoms with E-state index in [9.17, 15) is 4.79 Å². The van der Waals surface area contributed by atoms with Crippen molar-refractivity contribution in [2.45, 2.75) is 76.5 Å². The van der Waals surface area contributed by atoms with Crippen LogP contribution in [0.2, 0.25) is 0 Å². The molecule has 1 nitrogen and oxygen atoms in total. The Bertz CT molecular complexity index is 310. The van der Waals surface area contributed by atoms with E-state index < -0.39 is 0 Å². The molecule has 2 aliphatic rings. The van der Waals surface area contributed by atoms with Gasteiger partial charge in [-0.2, -0.15) is 0 Å². The van der Waals surface area contributed by atoms with Crippen LogP contribution in [0.25, 0.3) is 0 Å². The number of fused-ring (bicyclic) bond motifs is 2. The summed E-state index contributed by atoms with van der Waals surface area (Å²) in [5, 5.41) is 0.705. The van der Waals surface area contributed by atoms with Crippen LogP contribution in [-0.4, -0.2) is 22.8 Å². The molecule has 0 aromatic rings. The molecule has 0 aromatic carbocycles. The highest BCUT2D eigenvalue weighted by Crippen LogP contribution is 2.72. The van der Waals surface area contributed by atoms with Crippen molar-refractivity contribution in [3.63, 3.8) is 0 Å². The zero-order valence-electron chi connectivity index (χ0n) is 12.8. The van der Waals surface area contributed by atoms with Crippen LogP contribution in [0.3, 0.4) is 0 Å². The van der Waals surface area contributed by atoms with Crippen LogP contribution in [0, 0.1) is 11.8 Å². The number of ketones is 1. The lowest BCUT2D eigenvalue weighted by molar-refractivity contribution is -0.129. The lowest BCUT2D eigenvalue weighted by atomic mass is 9.75. The average Bonchev–Trinajstić information content (AvgIpc) is 2.52. The Balaban J connectivity index is 2.55. The maximum atomic E-state index is 12.8. The van der Waals surface area contributed by atoms with Gasteiger partial charge in [-0.15, -0.1) is 0 Å². The molecule has 0 radical (unpaired) electrons. The Morgan fingerprint density at radius 1 is 1.06 bits per heavy atom. The van der Waals surface area contributed by atoms with E-state index in [2.05, 4.69) is 34.4 Å². The number of hydrogen-bond acceptors (Lipinski definition) is 1. The smallest absolute Gasteiger partial charge is 0.140 e. The van der Waals surface area contributed by atoms with Crippen LogP contribution >= 0.6 is 7.92 Å². The first kappa shape index (κ1) is 14.5. The fraction of sp³-hybridized carbons (Fsp3) is 0.938. The Kier molecular flexibility index (Phi) is 3.94. The fourth-order valence-corrected chi connectivity index (χ4v) is 9.24. The normalized spacial score (nSPS) is 48.9. The molecule has 2 fully saturated rings. The van der Waals surface area contributed by atoms with Gasteiger partial charge in [-0.3, -0.25) is 4.79 Å². The van der Waals surface area contributed by atoms with E-state index in [0.29, 0.717) is 27.9 Å². The Morgan fingerprint density at radius 2 is 1.44 bits per heavy atom. The fourth-order valence-electron chi connectivity index (χ4n) is 5.00. The van der Waals surface area contributed by atoms with Gasteiger partial charge in [0, 0.05) is 22.1 Å². The summed E-state index contributed by atoms with van der Waals surface area (Å²) in [6, 6.07) is 0. The third-order valence-corrected chi connectivity index (χ3v) is 11.0. The highest BCUT2D eigenvalue weighted by Gasteiger charge is 2.59. The van der Waals surface area contributed by atoms with Crippen molar-refractivity contribution in [2.75, 3.05) is 6.66 Å². The van der Waals surface area contributed by atoms with Crippen LogP contribution in [0.5, 0.6) is 0 Å². The lowest BCUT2D eigenvalue weighted by Crippen LogP contribution is -2.55. The molecule has 2 bridgehead atoms. The van der Waals surface area contributed by atoms with E-state index in [0.717, 1.165) is 0 Å². The summed E-state index contributed by atoms with van der Waals surface area (Å²) in [6.07, 6.45) is 7.69. The molecule has 0 aliphatic carbocycles. The van der Waals surface area contributed by atoms with E-state index >= 15 is 0 Å². The van der Waals surface area contributed by atoms with Crippen molar-refractivity contribution >= 4 is 13.7 Å². The van der Waals surface area contributed by atoms with Gasteiger partial charge in [-0.25, -0.2) is 0 Å². The monoisotopic (exact) mass is 268 g/mol. The third-order valence-electron chi connectivity index (χ3n) is 6.50. The third kappa shape index (κ3) is 1.65. The molecule has 2 rings (SSSR count). The summed E-state index contributed by atoms with van der Waals surface area (Å²) in [5.74, 6) is 1.17. The van der Waals surface area contributed by atoms with Crippen LogP contribution in [0.15, 0.2) is 0 Å². The molecule has 4 unspecified atom stereocenters. The number of Topliss-reactive ketones (excluding diaryl/α,β-unsaturated/α-hetero) is 1. The summed E-state index contributed by atoms with van der Waals surface area (Å²) in [6.45, 7) is 11.6. The van der Waals surface area contributed by atoms with Crippen LogP contribution < -0.4 is 0 Å². The van der Waals surface area contributed by atoms with Gasteiger partial charge >= 0.3 is 0 Å². The molecule has 2 saturated heterocycles. The highest BCUT2D eigenvalue weighted by atomic mass is 31.1. The van der Waals surface area contributed by atoms with Crippen molar-refractivity contribution in [3.05, 3.63) is 0 Å². The number of rotatable bonds is 2. The lowest BCUT2D eigenvalue weighted by Gasteiger charge is -2.58. The van der Waals surface area contributed by atoms with Crippen molar-refractivity contribution in [3.8, 4) is 0 Å². The largest absolute Gasteiger partial charge is 0.299 e. The minimum Gasteiger partial charge on any atom is -0.299 e. The zero-order chi connectivity index (χ0) is 13.6. The Hall–Kier alpha value is 0.100. The number of hydrogen-bond donors (Lipinski definition) is 0. The molecule has 0 spiro atoms. The Labute approximate surface area is 114 Å².